The number of fused-ring (bicyclic) bond motifs is 1. The molecule has 2 aliphatic rings. The smallest absolute Gasteiger partial charge is 0.422 e. The van der Waals surface area contributed by atoms with Crippen LogP contribution in [0.4, 0.5) is 23.7 Å². The first kappa shape index (κ1) is 28.5. The molecule has 0 spiro atoms. The second kappa shape index (κ2) is 11.9. The standard InChI is InChI=1S/C28H32F3N5O5/c1-17-25-22(34-33-17)13-19(15-24(25)41-20-5-11-39-12-6-20)18-3-4-21(26(37)32-2)23(14-18)35-7-9-36(10-8-35)27(38)40-16-28(29,30)31/h3-4,13-15,20H,5-12,16H2,1-2H3,(H,32,37)(H,33,34). The number of alkyl halides is 3. The molecule has 0 radical (unpaired) electrons. The Morgan fingerprint density at radius 1 is 1.10 bits per heavy atom. The van der Waals surface area contributed by atoms with Gasteiger partial charge in [0.15, 0.2) is 6.61 Å². The fourth-order valence-electron chi connectivity index (χ4n) is 5.17. The van der Waals surface area contributed by atoms with Crippen molar-refractivity contribution < 1.29 is 37.0 Å². The van der Waals surface area contributed by atoms with Gasteiger partial charge in [-0.2, -0.15) is 18.3 Å². The van der Waals surface area contributed by atoms with Gasteiger partial charge in [-0.05, 0) is 42.3 Å². The normalized spacial score (nSPS) is 16.6. The first-order chi connectivity index (χ1) is 19.6. The number of nitrogens with one attached hydrogen (secondary N) is 2. The third kappa shape index (κ3) is 6.50. The number of H-pyrrole nitrogens is 1. The van der Waals surface area contributed by atoms with Crippen LogP contribution in [0.1, 0.15) is 28.9 Å². The molecule has 3 heterocycles. The molecule has 2 amide bonds. The molecular weight excluding hydrogens is 543 g/mol. The van der Waals surface area contributed by atoms with Gasteiger partial charge in [-0.3, -0.25) is 9.89 Å². The monoisotopic (exact) mass is 575 g/mol. The molecule has 0 bridgehead atoms. The molecule has 10 nitrogen and oxygen atoms in total. The molecule has 0 unspecified atom stereocenters. The number of ether oxygens (including phenoxy) is 3. The lowest BCUT2D eigenvalue weighted by atomic mass is 9.99. The predicted molar refractivity (Wildman–Crippen MR) is 145 cm³/mol. The lowest BCUT2D eigenvalue weighted by Crippen LogP contribution is -2.49. The van der Waals surface area contributed by atoms with E-state index in [2.05, 4.69) is 20.3 Å². The van der Waals surface area contributed by atoms with Crippen molar-refractivity contribution in [2.45, 2.75) is 32.0 Å². The van der Waals surface area contributed by atoms with Gasteiger partial charge < -0.3 is 29.3 Å². The minimum absolute atomic E-state index is 0.0294. The van der Waals surface area contributed by atoms with Crippen LogP contribution in [0, 0.1) is 6.92 Å². The Balaban J connectivity index is 1.42. The van der Waals surface area contributed by atoms with Crippen molar-refractivity contribution >= 4 is 28.6 Å². The van der Waals surface area contributed by atoms with E-state index >= 15 is 0 Å². The minimum Gasteiger partial charge on any atom is -0.489 e. The number of hydrogen-bond donors (Lipinski definition) is 2. The van der Waals surface area contributed by atoms with Gasteiger partial charge in [-0.25, -0.2) is 4.79 Å². The van der Waals surface area contributed by atoms with Crippen LogP contribution in [-0.2, 0) is 9.47 Å². The quantitative estimate of drug-likeness (QED) is 0.452. The maximum absolute atomic E-state index is 12.8. The zero-order valence-electron chi connectivity index (χ0n) is 22.8. The Kier molecular flexibility index (Phi) is 8.25. The lowest BCUT2D eigenvalue weighted by Gasteiger charge is -2.36. The van der Waals surface area contributed by atoms with Crippen LogP contribution >= 0.6 is 0 Å². The topological polar surface area (TPSA) is 109 Å². The Morgan fingerprint density at radius 3 is 2.51 bits per heavy atom. The number of amides is 2. The highest BCUT2D eigenvalue weighted by atomic mass is 19.4. The van der Waals surface area contributed by atoms with E-state index in [1.807, 2.05) is 36.1 Å². The summed E-state index contributed by atoms with van der Waals surface area (Å²) in [5.74, 6) is 0.445. The fourth-order valence-corrected chi connectivity index (χ4v) is 5.17. The summed E-state index contributed by atoms with van der Waals surface area (Å²) in [7, 11) is 1.54. The number of halogens is 3. The Hall–Kier alpha value is -4.00. The molecule has 0 atom stereocenters. The molecule has 0 saturated carbocycles. The van der Waals surface area contributed by atoms with Crippen LogP contribution in [0.25, 0.3) is 22.0 Å². The van der Waals surface area contributed by atoms with Gasteiger partial charge in [0.1, 0.15) is 11.9 Å². The molecule has 2 fully saturated rings. The molecule has 2 saturated heterocycles. The molecule has 3 aromatic rings. The molecule has 2 aliphatic heterocycles. The average molecular weight is 576 g/mol. The summed E-state index contributed by atoms with van der Waals surface area (Å²) >= 11 is 0. The van der Waals surface area contributed by atoms with Gasteiger partial charge in [0.25, 0.3) is 5.91 Å². The fraction of sp³-hybridized carbons (Fsp3) is 0.464. The summed E-state index contributed by atoms with van der Waals surface area (Å²) in [5.41, 5.74) is 4.45. The van der Waals surface area contributed by atoms with Crippen molar-refractivity contribution in [2.24, 2.45) is 0 Å². The van der Waals surface area contributed by atoms with Gasteiger partial charge in [0, 0.05) is 46.1 Å². The van der Waals surface area contributed by atoms with Crippen molar-refractivity contribution in [2.75, 3.05) is 57.9 Å². The number of aryl methyl sites for hydroxylation is 1. The zero-order valence-corrected chi connectivity index (χ0v) is 22.8. The number of rotatable bonds is 6. The highest BCUT2D eigenvalue weighted by Crippen LogP contribution is 2.37. The lowest BCUT2D eigenvalue weighted by molar-refractivity contribution is -0.162. The summed E-state index contributed by atoms with van der Waals surface area (Å²) < 4.78 is 53.7. The number of carbonyl (C=O) groups excluding carboxylic acids is 2. The van der Waals surface area contributed by atoms with E-state index in [4.69, 9.17) is 9.47 Å². The average Bonchev–Trinajstić information content (AvgIpc) is 3.36. The number of hydrogen-bond acceptors (Lipinski definition) is 7. The van der Waals surface area contributed by atoms with Crippen LogP contribution in [0.3, 0.4) is 0 Å². The minimum atomic E-state index is -4.59. The van der Waals surface area contributed by atoms with Gasteiger partial charge in [-0.1, -0.05) is 6.07 Å². The number of aromatic nitrogens is 2. The van der Waals surface area contributed by atoms with E-state index in [0.29, 0.717) is 37.6 Å². The van der Waals surface area contributed by atoms with Crippen molar-refractivity contribution in [3.8, 4) is 16.9 Å². The molecule has 5 rings (SSSR count). The van der Waals surface area contributed by atoms with E-state index in [0.717, 1.165) is 46.3 Å². The molecule has 1 aromatic heterocycles. The third-order valence-corrected chi connectivity index (χ3v) is 7.31. The predicted octanol–water partition coefficient (Wildman–Crippen LogP) is 4.28. The van der Waals surface area contributed by atoms with E-state index in [-0.39, 0.29) is 25.1 Å². The van der Waals surface area contributed by atoms with Crippen molar-refractivity contribution in [1.29, 1.82) is 0 Å². The Morgan fingerprint density at radius 2 is 1.83 bits per heavy atom. The number of aromatic amines is 1. The second-order valence-corrected chi connectivity index (χ2v) is 10.1. The van der Waals surface area contributed by atoms with Crippen molar-refractivity contribution in [1.82, 2.24) is 20.4 Å². The Bertz CT molecular complexity index is 1410. The molecule has 2 aromatic carbocycles. The molecule has 220 valence electrons. The third-order valence-electron chi connectivity index (χ3n) is 7.31. The maximum Gasteiger partial charge on any atom is 0.422 e. The first-order valence-corrected chi connectivity index (χ1v) is 13.5. The highest BCUT2D eigenvalue weighted by Gasteiger charge is 2.32. The van der Waals surface area contributed by atoms with Crippen LogP contribution in [0.2, 0.25) is 0 Å². The SMILES string of the molecule is CNC(=O)c1ccc(-c2cc(OC3CCOCC3)c3c(C)n[nH]c3c2)cc1N1CCN(C(=O)OCC(F)(F)F)CC1. The van der Waals surface area contributed by atoms with Crippen LogP contribution in [0.5, 0.6) is 5.75 Å². The van der Waals surface area contributed by atoms with Crippen LogP contribution < -0.4 is 15.0 Å². The number of piperazine rings is 1. The Labute approximate surface area is 234 Å². The van der Waals surface area contributed by atoms with E-state index in [9.17, 15) is 22.8 Å². The van der Waals surface area contributed by atoms with Crippen LogP contribution in [-0.4, -0.2) is 92.4 Å². The van der Waals surface area contributed by atoms with Gasteiger partial charge >= 0.3 is 12.3 Å². The van der Waals surface area contributed by atoms with Crippen molar-refractivity contribution in [3.05, 3.63) is 41.6 Å². The van der Waals surface area contributed by atoms with Crippen LogP contribution in [0.15, 0.2) is 30.3 Å². The largest absolute Gasteiger partial charge is 0.489 e. The highest BCUT2D eigenvalue weighted by molar-refractivity contribution is 6.01. The summed E-state index contributed by atoms with van der Waals surface area (Å²) in [6.45, 7) is 2.51. The summed E-state index contributed by atoms with van der Waals surface area (Å²) in [6, 6.07) is 9.48. The molecule has 13 heteroatoms. The number of nitrogens with zero attached hydrogens (tertiary/aromatic N) is 3. The van der Waals surface area contributed by atoms with Gasteiger partial charge in [-0.15, -0.1) is 0 Å². The summed E-state index contributed by atoms with van der Waals surface area (Å²) in [5, 5.41) is 11.0. The molecule has 41 heavy (non-hydrogen) atoms. The summed E-state index contributed by atoms with van der Waals surface area (Å²) in [6.07, 6.45) is -3.98. The van der Waals surface area contributed by atoms with E-state index < -0.39 is 18.9 Å². The number of carbonyl (C=O) groups is 2. The molecule has 0 aliphatic carbocycles. The first-order valence-electron chi connectivity index (χ1n) is 13.5. The molecule has 2 N–H and O–H groups in total. The number of benzene rings is 2. The van der Waals surface area contributed by atoms with Gasteiger partial charge in [0.2, 0.25) is 0 Å². The molecular formula is C28H32F3N5O5. The second-order valence-electron chi connectivity index (χ2n) is 10.1. The summed E-state index contributed by atoms with van der Waals surface area (Å²) in [4.78, 5) is 28.1. The van der Waals surface area contributed by atoms with Gasteiger partial charge in [0.05, 0.1) is 41.1 Å². The zero-order chi connectivity index (χ0) is 29.1. The van der Waals surface area contributed by atoms with E-state index in [1.165, 1.54) is 4.90 Å². The van der Waals surface area contributed by atoms with Crippen molar-refractivity contribution in [3.63, 3.8) is 0 Å². The maximum atomic E-state index is 12.8. The number of anilines is 1. The van der Waals surface area contributed by atoms with E-state index in [1.54, 1.807) is 13.1 Å².